The van der Waals surface area contributed by atoms with Gasteiger partial charge in [0.25, 0.3) is 0 Å². The van der Waals surface area contributed by atoms with Crippen LogP contribution in [-0.4, -0.2) is 11.1 Å². The molecule has 0 radical (unpaired) electrons. The van der Waals surface area contributed by atoms with E-state index in [1.54, 1.807) is 0 Å². The largest absolute Gasteiger partial charge is 0.481 e. The van der Waals surface area contributed by atoms with Crippen LogP contribution in [0.25, 0.3) is 0 Å². The third kappa shape index (κ3) is 15.2. The summed E-state index contributed by atoms with van der Waals surface area (Å²) in [6, 6.07) is 0. The number of rotatable bonds is 8. The zero-order valence-electron chi connectivity index (χ0n) is 12.0. The molecular formula is C16H30O2. The van der Waals surface area contributed by atoms with Crippen LogP contribution in [0.2, 0.25) is 0 Å². The summed E-state index contributed by atoms with van der Waals surface area (Å²) in [5.41, 5.74) is 0. The van der Waals surface area contributed by atoms with Crippen LogP contribution >= 0.6 is 0 Å². The fraction of sp³-hybridized carbons (Fsp3) is 0.812. The predicted molar refractivity (Wildman–Crippen MR) is 77.9 cm³/mol. The number of aliphatic carboxylic acids is 1. The number of unbranched alkanes of at least 4 members (excludes halogenated alkanes) is 6. The molecule has 1 aliphatic rings. The van der Waals surface area contributed by atoms with Gasteiger partial charge in [0.15, 0.2) is 0 Å². The van der Waals surface area contributed by atoms with Gasteiger partial charge in [0.1, 0.15) is 0 Å². The maximum Gasteiger partial charge on any atom is 0.303 e. The van der Waals surface area contributed by atoms with Crippen molar-refractivity contribution in [3.8, 4) is 0 Å². The molecule has 1 N–H and O–H groups in total. The van der Waals surface area contributed by atoms with E-state index in [-0.39, 0.29) is 0 Å². The van der Waals surface area contributed by atoms with E-state index in [9.17, 15) is 4.79 Å². The van der Waals surface area contributed by atoms with E-state index in [0.717, 1.165) is 12.8 Å². The van der Waals surface area contributed by atoms with Crippen LogP contribution in [0.1, 0.15) is 84.0 Å². The van der Waals surface area contributed by atoms with Gasteiger partial charge in [-0.25, -0.2) is 0 Å². The van der Waals surface area contributed by atoms with E-state index in [0.29, 0.717) is 6.42 Å². The number of carboxylic acids is 1. The van der Waals surface area contributed by atoms with Crippen molar-refractivity contribution in [1.29, 1.82) is 0 Å². The van der Waals surface area contributed by atoms with Gasteiger partial charge in [-0.15, -0.1) is 0 Å². The minimum Gasteiger partial charge on any atom is -0.481 e. The lowest BCUT2D eigenvalue weighted by Crippen LogP contribution is -1.93. The molecule has 0 heterocycles. The second kappa shape index (κ2) is 14.3. The van der Waals surface area contributed by atoms with Crippen molar-refractivity contribution < 1.29 is 9.90 Å². The summed E-state index contributed by atoms with van der Waals surface area (Å²) in [6.45, 7) is 2.20. The van der Waals surface area contributed by atoms with Gasteiger partial charge in [-0.05, 0) is 32.1 Å². The zero-order valence-corrected chi connectivity index (χ0v) is 12.0. The van der Waals surface area contributed by atoms with Crippen molar-refractivity contribution in [3.05, 3.63) is 12.2 Å². The molecule has 0 aliphatic heterocycles. The number of hydrogen-bond donors (Lipinski definition) is 1. The van der Waals surface area contributed by atoms with E-state index >= 15 is 0 Å². The van der Waals surface area contributed by atoms with E-state index < -0.39 is 5.97 Å². The number of carboxylic acid groups (broad SMARTS) is 1. The lowest BCUT2D eigenvalue weighted by Gasteiger charge is -1.98. The maximum atomic E-state index is 10.1. The molecule has 0 aromatic heterocycles. The predicted octanol–water partition coefficient (Wildman–Crippen LogP) is 5.33. The lowest BCUT2D eigenvalue weighted by atomic mass is 10.1. The van der Waals surface area contributed by atoms with E-state index in [1.165, 1.54) is 57.8 Å². The first kappa shape index (κ1) is 17.2. The van der Waals surface area contributed by atoms with Crippen molar-refractivity contribution in [2.24, 2.45) is 0 Å². The summed E-state index contributed by atoms with van der Waals surface area (Å²) >= 11 is 0. The summed E-state index contributed by atoms with van der Waals surface area (Å²) in [5.74, 6) is -0.663. The van der Waals surface area contributed by atoms with Crippen LogP contribution in [0.3, 0.4) is 0 Å². The Kier molecular flexibility index (Phi) is 13.6. The summed E-state index contributed by atoms with van der Waals surface area (Å²) in [7, 11) is 0. The number of allylic oxidation sites excluding steroid dienone is 2. The molecule has 2 heteroatoms. The van der Waals surface area contributed by atoms with Gasteiger partial charge in [-0.1, -0.05) is 57.6 Å². The molecule has 0 atom stereocenters. The first-order valence-corrected chi connectivity index (χ1v) is 7.64. The second-order valence-electron chi connectivity index (χ2n) is 5.02. The van der Waals surface area contributed by atoms with Crippen molar-refractivity contribution in [1.82, 2.24) is 0 Å². The topological polar surface area (TPSA) is 37.3 Å². The summed E-state index contributed by atoms with van der Waals surface area (Å²) < 4.78 is 0. The summed E-state index contributed by atoms with van der Waals surface area (Å²) in [5, 5.41) is 8.35. The molecule has 0 spiro atoms. The van der Waals surface area contributed by atoms with Crippen LogP contribution in [0.5, 0.6) is 0 Å². The molecule has 0 aromatic rings. The molecule has 18 heavy (non-hydrogen) atoms. The van der Waals surface area contributed by atoms with E-state index in [4.69, 9.17) is 5.11 Å². The zero-order chi connectivity index (χ0) is 13.5. The average molecular weight is 254 g/mol. The molecular weight excluding hydrogens is 224 g/mol. The Balaban J connectivity index is 0.000000397. The van der Waals surface area contributed by atoms with Crippen LogP contribution in [0.15, 0.2) is 12.2 Å². The van der Waals surface area contributed by atoms with Gasteiger partial charge < -0.3 is 5.11 Å². The highest BCUT2D eigenvalue weighted by Gasteiger charge is 1.95. The highest BCUT2D eigenvalue weighted by molar-refractivity contribution is 5.66. The van der Waals surface area contributed by atoms with Crippen LogP contribution in [-0.2, 0) is 4.79 Å². The minimum absolute atomic E-state index is 0.341. The molecule has 106 valence electrons. The van der Waals surface area contributed by atoms with E-state index in [1.807, 2.05) is 0 Å². The number of carbonyl (C=O) groups is 1. The molecule has 1 rings (SSSR count). The van der Waals surface area contributed by atoms with Gasteiger partial charge in [-0.2, -0.15) is 0 Å². The van der Waals surface area contributed by atoms with Gasteiger partial charge in [0.2, 0.25) is 0 Å². The lowest BCUT2D eigenvalue weighted by molar-refractivity contribution is -0.137. The number of hydrogen-bond acceptors (Lipinski definition) is 1. The highest BCUT2D eigenvalue weighted by Crippen LogP contribution is 2.08. The Bertz CT molecular complexity index is 201. The summed E-state index contributed by atoms with van der Waals surface area (Å²) in [6.07, 6.45) is 18.6. The molecule has 0 saturated heterocycles. The van der Waals surface area contributed by atoms with Gasteiger partial charge in [0, 0.05) is 6.42 Å². The normalized spacial score (nSPS) is 13.8. The Morgan fingerprint density at radius 1 is 0.944 bits per heavy atom. The van der Waals surface area contributed by atoms with Crippen molar-refractivity contribution >= 4 is 5.97 Å². The first-order valence-electron chi connectivity index (χ1n) is 7.64. The first-order chi connectivity index (χ1) is 8.77. The van der Waals surface area contributed by atoms with Gasteiger partial charge in [-0.3, -0.25) is 4.79 Å². The van der Waals surface area contributed by atoms with Gasteiger partial charge >= 0.3 is 5.97 Å². The molecule has 0 saturated carbocycles. The Hall–Kier alpha value is -0.790. The molecule has 2 nitrogen and oxygen atoms in total. The average Bonchev–Trinajstić information content (AvgIpc) is 2.40. The molecule has 0 unspecified atom stereocenters. The van der Waals surface area contributed by atoms with Crippen molar-refractivity contribution in [2.75, 3.05) is 0 Å². The smallest absolute Gasteiger partial charge is 0.303 e. The molecule has 0 fully saturated rings. The van der Waals surface area contributed by atoms with Crippen LogP contribution < -0.4 is 0 Å². The third-order valence-electron chi connectivity index (χ3n) is 3.15. The van der Waals surface area contributed by atoms with Crippen LogP contribution in [0, 0.1) is 0 Å². The Labute approximate surface area is 112 Å². The minimum atomic E-state index is -0.663. The quantitative estimate of drug-likeness (QED) is 0.469. The SMILES string of the molecule is C1=CCCCC1.CCCCCCCCCC(=O)O. The Morgan fingerprint density at radius 3 is 1.83 bits per heavy atom. The molecule has 0 aromatic carbocycles. The van der Waals surface area contributed by atoms with Crippen molar-refractivity contribution in [2.45, 2.75) is 84.0 Å². The summed E-state index contributed by atoms with van der Waals surface area (Å²) in [4.78, 5) is 10.1. The fourth-order valence-electron chi connectivity index (χ4n) is 1.99. The fourth-order valence-corrected chi connectivity index (χ4v) is 1.99. The monoisotopic (exact) mass is 254 g/mol. The van der Waals surface area contributed by atoms with Crippen molar-refractivity contribution in [3.63, 3.8) is 0 Å². The molecule has 1 aliphatic carbocycles. The van der Waals surface area contributed by atoms with Gasteiger partial charge in [0.05, 0.1) is 0 Å². The highest BCUT2D eigenvalue weighted by atomic mass is 16.4. The van der Waals surface area contributed by atoms with E-state index in [2.05, 4.69) is 19.1 Å². The third-order valence-corrected chi connectivity index (χ3v) is 3.15. The molecule has 0 amide bonds. The maximum absolute atomic E-state index is 10.1. The Morgan fingerprint density at radius 2 is 1.44 bits per heavy atom. The second-order valence-corrected chi connectivity index (χ2v) is 5.02. The van der Waals surface area contributed by atoms with Crippen LogP contribution in [0.4, 0.5) is 0 Å². The molecule has 0 bridgehead atoms. The standard InChI is InChI=1S/C10H20O2.C6H10/c1-2-3-4-5-6-7-8-9-10(11)12;1-2-4-6-5-3-1/h2-9H2,1H3,(H,11,12);1-2H,3-6H2.